The topological polar surface area (TPSA) is 85.0 Å². The molecule has 0 fully saturated rings. The van der Waals surface area contributed by atoms with Gasteiger partial charge in [0.15, 0.2) is 5.16 Å². The van der Waals surface area contributed by atoms with Gasteiger partial charge in [0.05, 0.1) is 18.9 Å². The van der Waals surface area contributed by atoms with Gasteiger partial charge in [-0.2, -0.15) is 5.26 Å². The van der Waals surface area contributed by atoms with Crippen LogP contribution in [0.25, 0.3) is 0 Å². The summed E-state index contributed by atoms with van der Waals surface area (Å²) in [5, 5.41) is 9.03. The molecule has 17 heavy (non-hydrogen) atoms. The maximum Gasteiger partial charge on any atom is 0.345 e. The number of nitriles is 1. The van der Waals surface area contributed by atoms with E-state index in [0.29, 0.717) is 5.16 Å². The Morgan fingerprint density at radius 1 is 1.71 bits per heavy atom. The van der Waals surface area contributed by atoms with E-state index in [1.165, 1.54) is 18.0 Å². The molecule has 0 spiro atoms. The second-order valence-electron chi connectivity index (χ2n) is 2.93. The van der Waals surface area contributed by atoms with E-state index in [4.69, 9.17) is 10.00 Å². The van der Waals surface area contributed by atoms with Crippen molar-refractivity contribution in [2.45, 2.75) is 18.6 Å². The molecule has 1 aromatic heterocycles. The van der Waals surface area contributed by atoms with Gasteiger partial charge in [-0.3, -0.25) is 9.36 Å². The Labute approximate surface area is 102 Å². The van der Waals surface area contributed by atoms with Crippen molar-refractivity contribution < 1.29 is 9.53 Å². The maximum absolute atomic E-state index is 11.9. The second-order valence-corrected chi connectivity index (χ2v) is 3.70. The standard InChI is InChI=1S/C10H11N3O3S/c1-3-16-9(15)7-6-12-10(17-2)13(5-4-11)8(7)14/h6H,3,5H2,1-2H3. The molecule has 1 rings (SSSR count). The number of carbonyl (C=O) groups excluding carboxylic acids is 1. The van der Waals surface area contributed by atoms with Crippen LogP contribution in [0.4, 0.5) is 0 Å². The number of esters is 1. The Morgan fingerprint density at radius 2 is 2.41 bits per heavy atom. The zero-order valence-corrected chi connectivity index (χ0v) is 10.3. The fourth-order valence-electron chi connectivity index (χ4n) is 1.20. The van der Waals surface area contributed by atoms with Crippen molar-refractivity contribution in [2.24, 2.45) is 0 Å². The lowest BCUT2D eigenvalue weighted by atomic mass is 10.3. The molecule has 0 amide bonds. The molecule has 0 saturated heterocycles. The smallest absolute Gasteiger partial charge is 0.345 e. The average Bonchev–Trinajstić information content (AvgIpc) is 2.32. The predicted octanol–water partition coefficient (Wildman–Crippen LogP) is 0.665. The summed E-state index contributed by atoms with van der Waals surface area (Å²) < 4.78 is 5.88. The molecule has 7 heteroatoms. The minimum Gasteiger partial charge on any atom is -0.462 e. The second kappa shape index (κ2) is 6.06. The minimum absolute atomic E-state index is 0.144. The fraction of sp³-hybridized carbons (Fsp3) is 0.400. The quantitative estimate of drug-likeness (QED) is 0.445. The van der Waals surface area contributed by atoms with E-state index < -0.39 is 11.5 Å². The summed E-state index contributed by atoms with van der Waals surface area (Å²) in [6.45, 7) is 1.69. The number of ether oxygens (including phenoxy) is 1. The number of rotatable bonds is 4. The highest BCUT2D eigenvalue weighted by Crippen LogP contribution is 2.09. The summed E-state index contributed by atoms with van der Waals surface area (Å²) in [5.41, 5.74) is -0.704. The third-order valence-electron chi connectivity index (χ3n) is 1.92. The molecule has 0 aromatic carbocycles. The summed E-state index contributed by atoms with van der Waals surface area (Å²) in [4.78, 5) is 27.3. The van der Waals surface area contributed by atoms with E-state index >= 15 is 0 Å². The van der Waals surface area contributed by atoms with Crippen molar-refractivity contribution in [3.05, 3.63) is 22.1 Å². The first-order valence-electron chi connectivity index (χ1n) is 4.83. The van der Waals surface area contributed by atoms with Gasteiger partial charge in [0.25, 0.3) is 5.56 Å². The minimum atomic E-state index is -0.718. The van der Waals surface area contributed by atoms with Gasteiger partial charge in [-0.05, 0) is 13.2 Å². The molecule has 0 aliphatic carbocycles. The third kappa shape index (κ3) is 2.85. The van der Waals surface area contributed by atoms with Crippen molar-refractivity contribution in [3.8, 4) is 6.07 Å². The highest BCUT2D eigenvalue weighted by Gasteiger charge is 2.16. The first-order valence-corrected chi connectivity index (χ1v) is 6.06. The summed E-state index contributed by atoms with van der Waals surface area (Å²) in [6, 6.07) is 1.86. The van der Waals surface area contributed by atoms with Gasteiger partial charge in [0, 0.05) is 0 Å². The SMILES string of the molecule is CCOC(=O)c1cnc(SC)n(CC#N)c1=O. The van der Waals surface area contributed by atoms with Crippen LogP contribution in [0.5, 0.6) is 0 Å². The van der Waals surface area contributed by atoms with E-state index in [2.05, 4.69) is 4.98 Å². The van der Waals surface area contributed by atoms with Crippen LogP contribution in [0.1, 0.15) is 17.3 Å². The number of nitrogens with zero attached hydrogens (tertiary/aromatic N) is 3. The molecule has 0 bridgehead atoms. The first kappa shape index (κ1) is 13.3. The van der Waals surface area contributed by atoms with Crippen molar-refractivity contribution in [1.29, 1.82) is 5.26 Å². The highest BCUT2D eigenvalue weighted by molar-refractivity contribution is 7.98. The van der Waals surface area contributed by atoms with Crippen LogP contribution in [-0.4, -0.2) is 28.4 Å². The summed E-state index contributed by atoms with van der Waals surface area (Å²) in [5.74, 6) is -0.718. The maximum atomic E-state index is 11.9. The lowest BCUT2D eigenvalue weighted by molar-refractivity contribution is 0.0522. The molecule has 0 saturated carbocycles. The van der Waals surface area contributed by atoms with Gasteiger partial charge in [0.1, 0.15) is 12.1 Å². The summed E-state index contributed by atoms with van der Waals surface area (Å²) in [6.07, 6.45) is 2.92. The van der Waals surface area contributed by atoms with Crippen LogP contribution in [0, 0.1) is 11.3 Å². The lowest BCUT2D eigenvalue weighted by Crippen LogP contribution is -2.29. The van der Waals surface area contributed by atoms with Crippen LogP contribution >= 0.6 is 11.8 Å². The van der Waals surface area contributed by atoms with E-state index in [1.54, 1.807) is 13.2 Å². The average molecular weight is 253 g/mol. The molecule has 0 unspecified atom stereocenters. The van der Waals surface area contributed by atoms with E-state index in [0.717, 1.165) is 4.57 Å². The molecular formula is C10H11N3O3S. The molecule has 0 radical (unpaired) electrons. The molecule has 1 aromatic rings. The van der Waals surface area contributed by atoms with Crippen molar-refractivity contribution in [1.82, 2.24) is 9.55 Å². The van der Waals surface area contributed by atoms with Gasteiger partial charge in [0.2, 0.25) is 0 Å². The molecule has 0 aliphatic heterocycles. The lowest BCUT2D eigenvalue weighted by Gasteiger charge is -2.07. The van der Waals surface area contributed by atoms with Crippen molar-refractivity contribution in [2.75, 3.05) is 12.9 Å². The monoisotopic (exact) mass is 253 g/mol. The number of thioether (sulfide) groups is 1. The molecule has 0 atom stereocenters. The van der Waals surface area contributed by atoms with Gasteiger partial charge in [-0.25, -0.2) is 9.78 Å². The van der Waals surface area contributed by atoms with Gasteiger partial charge in [-0.15, -0.1) is 0 Å². The van der Waals surface area contributed by atoms with Crippen LogP contribution in [0.15, 0.2) is 16.1 Å². The largest absolute Gasteiger partial charge is 0.462 e. The van der Waals surface area contributed by atoms with Crippen LogP contribution in [-0.2, 0) is 11.3 Å². The molecule has 0 aliphatic rings. The highest BCUT2D eigenvalue weighted by atomic mass is 32.2. The Morgan fingerprint density at radius 3 is 2.94 bits per heavy atom. The van der Waals surface area contributed by atoms with Crippen LogP contribution < -0.4 is 5.56 Å². The zero-order chi connectivity index (χ0) is 12.8. The summed E-state index contributed by atoms with van der Waals surface area (Å²) in [7, 11) is 0. The van der Waals surface area contributed by atoms with Gasteiger partial charge in [-0.1, -0.05) is 11.8 Å². The Hall–Kier alpha value is -1.81. The molecule has 90 valence electrons. The number of aromatic nitrogens is 2. The van der Waals surface area contributed by atoms with E-state index in [1.807, 2.05) is 6.07 Å². The van der Waals surface area contributed by atoms with Crippen molar-refractivity contribution in [3.63, 3.8) is 0 Å². The predicted molar refractivity (Wildman–Crippen MR) is 61.8 cm³/mol. The number of carbonyl (C=O) groups is 1. The van der Waals surface area contributed by atoms with Crippen LogP contribution in [0.2, 0.25) is 0 Å². The van der Waals surface area contributed by atoms with Crippen molar-refractivity contribution >= 4 is 17.7 Å². The number of hydrogen-bond acceptors (Lipinski definition) is 6. The Balaban J connectivity index is 3.29. The third-order valence-corrected chi connectivity index (χ3v) is 2.61. The zero-order valence-electron chi connectivity index (χ0n) is 9.47. The first-order chi connectivity index (χ1) is 8.15. The van der Waals surface area contributed by atoms with Crippen LogP contribution in [0.3, 0.4) is 0 Å². The summed E-state index contributed by atoms with van der Waals surface area (Å²) >= 11 is 1.23. The normalized spacial score (nSPS) is 9.71. The number of hydrogen-bond donors (Lipinski definition) is 0. The molecule has 6 nitrogen and oxygen atoms in total. The van der Waals surface area contributed by atoms with Gasteiger partial charge < -0.3 is 4.74 Å². The van der Waals surface area contributed by atoms with E-state index in [-0.39, 0.29) is 18.7 Å². The Kier molecular flexibility index (Phi) is 4.72. The molecule has 1 heterocycles. The fourth-order valence-corrected chi connectivity index (χ4v) is 1.72. The Bertz CT molecular complexity index is 519. The van der Waals surface area contributed by atoms with Gasteiger partial charge >= 0.3 is 5.97 Å². The molecule has 0 N–H and O–H groups in total. The molecular weight excluding hydrogens is 242 g/mol. The van der Waals surface area contributed by atoms with E-state index in [9.17, 15) is 9.59 Å².